The van der Waals surface area contributed by atoms with Gasteiger partial charge in [-0.15, -0.1) is 11.3 Å². The van der Waals surface area contributed by atoms with Gasteiger partial charge in [-0.1, -0.05) is 0 Å². The first kappa shape index (κ1) is 12.4. The van der Waals surface area contributed by atoms with Crippen molar-refractivity contribution in [2.24, 2.45) is 0 Å². The maximum absolute atomic E-state index is 11.7. The summed E-state index contributed by atoms with van der Waals surface area (Å²) in [6, 6.07) is 3.62. The fraction of sp³-hybridized carbons (Fsp3) is 0.500. The van der Waals surface area contributed by atoms with E-state index in [1.807, 2.05) is 6.07 Å². The van der Waals surface area contributed by atoms with Crippen molar-refractivity contribution < 1.29 is 9.90 Å². The van der Waals surface area contributed by atoms with Gasteiger partial charge in [0.15, 0.2) is 0 Å². The van der Waals surface area contributed by atoms with Crippen LogP contribution in [-0.2, 0) is 0 Å². The number of amides is 1. The van der Waals surface area contributed by atoms with Gasteiger partial charge in [0.25, 0.3) is 5.91 Å². The normalized spacial score (nSPS) is 24.6. The molecule has 1 atom stereocenters. The molecule has 0 aliphatic carbocycles. The van der Waals surface area contributed by atoms with Crippen LogP contribution in [-0.4, -0.2) is 34.7 Å². The van der Waals surface area contributed by atoms with E-state index in [2.05, 4.69) is 21.2 Å². The van der Waals surface area contributed by atoms with Crippen LogP contribution in [0.5, 0.6) is 0 Å². The molecule has 1 fully saturated rings. The number of hydrogen-bond acceptors (Lipinski definition) is 4. The van der Waals surface area contributed by atoms with Crippen molar-refractivity contribution >= 4 is 44.9 Å². The molecule has 0 unspecified atom stereocenters. The minimum Gasteiger partial charge on any atom is -0.387 e. The molecule has 2 rings (SSSR count). The van der Waals surface area contributed by atoms with Crippen LogP contribution >= 0.6 is 39.0 Å². The van der Waals surface area contributed by atoms with Crippen molar-refractivity contribution in [3.8, 4) is 0 Å². The summed E-state index contributed by atoms with van der Waals surface area (Å²) in [5.41, 5.74) is -0.713. The largest absolute Gasteiger partial charge is 0.387 e. The van der Waals surface area contributed by atoms with Crippen LogP contribution in [0.2, 0.25) is 0 Å². The van der Waals surface area contributed by atoms with Gasteiger partial charge in [-0.3, -0.25) is 4.79 Å². The van der Waals surface area contributed by atoms with Gasteiger partial charge < -0.3 is 10.4 Å². The fourth-order valence-electron chi connectivity index (χ4n) is 1.50. The molecule has 0 spiro atoms. The molecule has 2 N–H and O–H groups in total. The molecule has 6 heteroatoms. The zero-order valence-electron chi connectivity index (χ0n) is 8.53. The minimum absolute atomic E-state index is 0.110. The number of aliphatic hydroxyl groups is 1. The molecule has 0 aromatic carbocycles. The summed E-state index contributed by atoms with van der Waals surface area (Å²) in [4.78, 5) is 12.4. The monoisotopic (exact) mass is 321 g/mol. The Morgan fingerprint density at radius 2 is 2.44 bits per heavy atom. The van der Waals surface area contributed by atoms with E-state index in [1.54, 1.807) is 17.8 Å². The van der Waals surface area contributed by atoms with Crippen LogP contribution in [0.15, 0.2) is 15.9 Å². The molecule has 16 heavy (non-hydrogen) atoms. The van der Waals surface area contributed by atoms with Crippen LogP contribution in [0.4, 0.5) is 0 Å². The summed E-state index contributed by atoms with van der Waals surface area (Å²) in [6.07, 6.45) is 0.756. The summed E-state index contributed by atoms with van der Waals surface area (Å²) in [7, 11) is 0. The maximum Gasteiger partial charge on any atom is 0.261 e. The zero-order chi connectivity index (χ0) is 11.6. The molecule has 0 radical (unpaired) electrons. The number of halogens is 1. The van der Waals surface area contributed by atoms with Crippen molar-refractivity contribution in [2.75, 3.05) is 18.1 Å². The topological polar surface area (TPSA) is 49.3 Å². The molecule has 3 nitrogen and oxygen atoms in total. The van der Waals surface area contributed by atoms with Gasteiger partial charge in [0.2, 0.25) is 0 Å². The Morgan fingerprint density at radius 1 is 1.62 bits per heavy atom. The van der Waals surface area contributed by atoms with Gasteiger partial charge >= 0.3 is 0 Å². The molecule has 88 valence electrons. The standard InChI is InChI=1S/C10H12BrNO2S2/c11-8-2-1-7(16-8)9(13)12-5-10(14)3-4-15-6-10/h1-2,14H,3-6H2,(H,12,13)/t10-/m0/s1. The predicted molar refractivity (Wildman–Crippen MR) is 71.2 cm³/mol. The van der Waals surface area contributed by atoms with Crippen molar-refractivity contribution in [1.82, 2.24) is 5.32 Å². The number of nitrogens with one attached hydrogen (secondary N) is 1. The Labute approximate surface area is 111 Å². The van der Waals surface area contributed by atoms with Crippen molar-refractivity contribution in [1.29, 1.82) is 0 Å². The lowest BCUT2D eigenvalue weighted by Gasteiger charge is -2.21. The van der Waals surface area contributed by atoms with E-state index >= 15 is 0 Å². The van der Waals surface area contributed by atoms with E-state index in [9.17, 15) is 9.90 Å². The van der Waals surface area contributed by atoms with E-state index in [1.165, 1.54) is 11.3 Å². The average Bonchev–Trinajstić information content (AvgIpc) is 2.85. The highest BCUT2D eigenvalue weighted by Crippen LogP contribution is 2.27. The second-order valence-electron chi connectivity index (χ2n) is 3.81. The quantitative estimate of drug-likeness (QED) is 0.896. The zero-order valence-corrected chi connectivity index (χ0v) is 11.8. The number of thiophene rings is 1. The number of carbonyl (C=O) groups excluding carboxylic acids is 1. The first-order chi connectivity index (χ1) is 7.59. The molecule has 1 aromatic rings. The Balaban J connectivity index is 1.88. The molecule has 2 heterocycles. The lowest BCUT2D eigenvalue weighted by atomic mass is 10.0. The van der Waals surface area contributed by atoms with E-state index in [0.717, 1.165) is 16.0 Å². The van der Waals surface area contributed by atoms with E-state index in [0.29, 0.717) is 17.2 Å². The SMILES string of the molecule is O=C(NC[C@@]1(O)CCSC1)c1ccc(Br)s1. The second kappa shape index (κ2) is 5.08. The third-order valence-corrected chi connectivity index (χ3v) is 5.31. The van der Waals surface area contributed by atoms with E-state index < -0.39 is 5.60 Å². The highest BCUT2D eigenvalue weighted by molar-refractivity contribution is 9.11. The van der Waals surface area contributed by atoms with Crippen LogP contribution < -0.4 is 5.32 Å². The van der Waals surface area contributed by atoms with Gasteiger partial charge in [0.05, 0.1) is 14.3 Å². The molecule has 1 amide bonds. The molecule has 1 aromatic heterocycles. The molecule has 0 saturated carbocycles. The molecule has 1 saturated heterocycles. The van der Waals surface area contributed by atoms with Crippen molar-refractivity contribution in [3.05, 3.63) is 20.8 Å². The minimum atomic E-state index is -0.713. The van der Waals surface area contributed by atoms with Crippen molar-refractivity contribution in [2.45, 2.75) is 12.0 Å². The van der Waals surface area contributed by atoms with E-state index in [4.69, 9.17) is 0 Å². The first-order valence-electron chi connectivity index (χ1n) is 4.93. The Kier molecular flexibility index (Phi) is 3.94. The van der Waals surface area contributed by atoms with Crippen LogP contribution in [0.1, 0.15) is 16.1 Å². The number of rotatable bonds is 3. The summed E-state index contributed by atoms with van der Waals surface area (Å²) in [6.45, 7) is 0.342. The summed E-state index contributed by atoms with van der Waals surface area (Å²) >= 11 is 6.44. The third kappa shape index (κ3) is 3.00. The Hall–Kier alpha value is -0.0400. The molecule has 1 aliphatic heterocycles. The third-order valence-electron chi connectivity index (χ3n) is 2.46. The molecule has 1 aliphatic rings. The average molecular weight is 322 g/mol. The van der Waals surface area contributed by atoms with Gasteiger partial charge in [0.1, 0.15) is 0 Å². The molecular formula is C10H12BrNO2S2. The number of carbonyl (C=O) groups is 1. The van der Waals surface area contributed by atoms with Crippen LogP contribution in [0.3, 0.4) is 0 Å². The maximum atomic E-state index is 11.7. The lowest BCUT2D eigenvalue weighted by Crippen LogP contribution is -2.42. The Bertz CT molecular complexity index is 388. The molecular weight excluding hydrogens is 310 g/mol. The van der Waals surface area contributed by atoms with E-state index in [-0.39, 0.29) is 5.91 Å². The van der Waals surface area contributed by atoms with Gasteiger partial charge in [0, 0.05) is 12.3 Å². The second-order valence-corrected chi connectivity index (χ2v) is 7.38. The molecule has 0 bridgehead atoms. The predicted octanol–water partition coefficient (Wildman–Crippen LogP) is 2.11. The first-order valence-corrected chi connectivity index (χ1v) is 7.69. The number of hydrogen-bond donors (Lipinski definition) is 2. The highest BCUT2D eigenvalue weighted by Gasteiger charge is 2.32. The van der Waals surface area contributed by atoms with Gasteiger partial charge in [-0.05, 0) is 40.2 Å². The van der Waals surface area contributed by atoms with Crippen LogP contribution in [0.25, 0.3) is 0 Å². The summed E-state index contributed by atoms with van der Waals surface area (Å²) in [5, 5.41) is 12.8. The summed E-state index contributed by atoms with van der Waals surface area (Å²) < 4.78 is 0.938. The van der Waals surface area contributed by atoms with Gasteiger partial charge in [-0.2, -0.15) is 11.8 Å². The van der Waals surface area contributed by atoms with Gasteiger partial charge in [-0.25, -0.2) is 0 Å². The van der Waals surface area contributed by atoms with Crippen molar-refractivity contribution in [3.63, 3.8) is 0 Å². The number of thioether (sulfide) groups is 1. The Morgan fingerprint density at radius 3 is 3.00 bits per heavy atom. The highest BCUT2D eigenvalue weighted by atomic mass is 79.9. The fourth-order valence-corrected chi connectivity index (χ4v) is 4.10. The smallest absolute Gasteiger partial charge is 0.261 e. The van der Waals surface area contributed by atoms with Crippen LogP contribution in [0, 0.1) is 0 Å². The lowest BCUT2D eigenvalue weighted by molar-refractivity contribution is 0.0614. The summed E-state index contributed by atoms with van der Waals surface area (Å²) in [5.74, 6) is 1.57.